The standard InChI is InChI=1S/C12H12Cl3NO3/c13-7-3-9(15)10(4-8(7)14)16-5-6-1-2-11(19-6)12(17)18/h3-4,6,11,16H,1-2,5H2,(H,17,18). The number of carboxylic acids is 1. The van der Waals surface area contributed by atoms with E-state index in [2.05, 4.69) is 5.32 Å². The SMILES string of the molecule is O=C(O)C1CCC(CNc2cc(Cl)c(Cl)cc2Cl)O1. The van der Waals surface area contributed by atoms with E-state index in [1.54, 1.807) is 12.1 Å². The monoisotopic (exact) mass is 323 g/mol. The maximum Gasteiger partial charge on any atom is 0.332 e. The number of halogens is 3. The molecule has 1 aliphatic heterocycles. The summed E-state index contributed by atoms with van der Waals surface area (Å²) in [5, 5.41) is 13.2. The van der Waals surface area contributed by atoms with Crippen molar-refractivity contribution in [3.05, 3.63) is 27.2 Å². The normalized spacial score (nSPS) is 22.5. The minimum absolute atomic E-state index is 0.147. The van der Waals surface area contributed by atoms with Gasteiger partial charge in [-0.25, -0.2) is 4.79 Å². The lowest BCUT2D eigenvalue weighted by atomic mass is 10.2. The van der Waals surface area contributed by atoms with Crippen molar-refractivity contribution in [2.45, 2.75) is 25.0 Å². The third-order valence-electron chi connectivity index (χ3n) is 2.91. The second-order valence-corrected chi connectivity index (χ2v) is 5.51. The van der Waals surface area contributed by atoms with Crippen LogP contribution in [0.15, 0.2) is 12.1 Å². The second kappa shape index (κ2) is 6.18. The maximum atomic E-state index is 10.8. The zero-order valence-electron chi connectivity index (χ0n) is 9.83. The molecule has 0 aliphatic carbocycles. The van der Waals surface area contributed by atoms with E-state index in [-0.39, 0.29) is 6.10 Å². The molecule has 0 radical (unpaired) electrons. The van der Waals surface area contributed by atoms with Crippen molar-refractivity contribution in [2.75, 3.05) is 11.9 Å². The lowest BCUT2D eigenvalue weighted by Crippen LogP contribution is -2.24. The van der Waals surface area contributed by atoms with Crippen LogP contribution in [0, 0.1) is 0 Å². The minimum Gasteiger partial charge on any atom is -0.479 e. The molecular formula is C12H12Cl3NO3. The van der Waals surface area contributed by atoms with Crippen molar-refractivity contribution in [2.24, 2.45) is 0 Å². The zero-order chi connectivity index (χ0) is 14.0. The van der Waals surface area contributed by atoms with Gasteiger partial charge in [-0.05, 0) is 25.0 Å². The summed E-state index contributed by atoms with van der Waals surface area (Å²) in [7, 11) is 0. The molecule has 104 valence electrons. The fraction of sp³-hybridized carbons (Fsp3) is 0.417. The predicted molar refractivity (Wildman–Crippen MR) is 75.5 cm³/mol. The molecule has 1 saturated heterocycles. The number of ether oxygens (including phenoxy) is 1. The van der Waals surface area contributed by atoms with Crippen molar-refractivity contribution in [3.8, 4) is 0 Å². The fourth-order valence-electron chi connectivity index (χ4n) is 1.92. The highest BCUT2D eigenvalue weighted by Crippen LogP contribution is 2.32. The average molecular weight is 325 g/mol. The van der Waals surface area contributed by atoms with Gasteiger partial charge in [0, 0.05) is 6.54 Å². The van der Waals surface area contributed by atoms with Gasteiger partial charge < -0.3 is 15.2 Å². The fourth-order valence-corrected chi connectivity index (χ4v) is 2.53. The van der Waals surface area contributed by atoms with Crippen LogP contribution >= 0.6 is 34.8 Å². The number of anilines is 1. The summed E-state index contributed by atoms with van der Waals surface area (Å²) in [5.41, 5.74) is 0.651. The molecule has 19 heavy (non-hydrogen) atoms. The smallest absolute Gasteiger partial charge is 0.332 e. The second-order valence-electron chi connectivity index (χ2n) is 4.29. The molecule has 1 aromatic carbocycles. The zero-order valence-corrected chi connectivity index (χ0v) is 12.1. The maximum absolute atomic E-state index is 10.8. The van der Waals surface area contributed by atoms with Gasteiger partial charge in [-0.2, -0.15) is 0 Å². The summed E-state index contributed by atoms with van der Waals surface area (Å²) < 4.78 is 5.37. The quantitative estimate of drug-likeness (QED) is 0.829. The molecule has 4 nitrogen and oxygen atoms in total. The van der Waals surface area contributed by atoms with Crippen molar-refractivity contribution in [1.29, 1.82) is 0 Å². The molecule has 0 spiro atoms. The molecule has 0 aromatic heterocycles. The molecular weight excluding hydrogens is 312 g/mol. The van der Waals surface area contributed by atoms with E-state index in [0.717, 1.165) is 0 Å². The third kappa shape index (κ3) is 3.66. The number of hydrogen-bond donors (Lipinski definition) is 2. The molecule has 2 unspecified atom stereocenters. The molecule has 1 aliphatic rings. The average Bonchev–Trinajstić information content (AvgIpc) is 2.81. The summed E-state index contributed by atoms with van der Waals surface area (Å²) in [6.07, 6.45) is 0.363. The molecule has 1 heterocycles. The van der Waals surface area contributed by atoms with E-state index in [0.29, 0.717) is 40.1 Å². The Morgan fingerprint density at radius 2 is 1.95 bits per heavy atom. The van der Waals surface area contributed by atoms with Crippen LogP contribution in [-0.2, 0) is 9.53 Å². The molecule has 1 aromatic rings. The Morgan fingerprint density at radius 3 is 2.58 bits per heavy atom. The first-order chi connectivity index (χ1) is 8.97. The van der Waals surface area contributed by atoms with E-state index < -0.39 is 12.1 Å². The first kappa shape index (κ1) is 14.7. The first-order valence-electron chi connectivity index (χ1n) is 5.74. The number of rotatable bonds is 4. The van der Waals surface area contributed by atoms with Crippen molar-refractivity contribution in [1.82, 2.24) is 0 Å². The van der Waals surface area contributed by atoms with Crippen molar-refractivity contribution >= 4 is 46.5 Å². The number of carboxylic acid groups (broad SMARTS) is 1. The lowest BCUT2D eigenvalue weighted by Gasteiger charge is -2.14. The molecule has 0 saturated carbocycles. The summed E-state index contributed by atoms with van der Waals surface area (Å²) in [5.74, 6) is -0.921. The Morgan fingerprint density at radius 1 is 1.26 bits per heavy atom. The lowest BCUT2D eigenvalue weighted by molar-refractivity contribution is -0.149. The molecule has 7 heteroatoms. The van der Waals surface area contributed by atoms with Gasteiger partial charge in [0.25, 0.3) is 0 Å². The highest BCUT2D eigenvalue weighted by molar-refractivity contribution is 6.44. The van der Waals surface area contributed by atoms with Crippen LogP contribution in [0.1, 0.15) is 12.8 Å². The van der Waals surface area contributed by atoms with E-state index >= 15 is 0 Å². The van der Waals surface area contributed by atoms with E-state index in [1.807, 2.05) is 0 Å². The first-order valence-corrected chi connectivity index (χ1v) is 6.87. The Kier molecular flexibility index (Phi) is 4.79. The van der Waals surface area contributed by atoms with Gasteiger partial charge in [0.15, 0.2) is 6.10 Å². The van der Waals surface area contributed by atoms with Crippen LogP contribution in [0.3, 0.4) is 0 Å². The Balaban J connectivity index is 1.93. The van der Waals surface area contributed by atoms with Gasteiger partial charge in [0.2, 0.25) is 0 Å². The highest BCUT2D eigenvalue weighted by Gasteiger charge is 2.30. The summed E-state index contributed by atoms with van der Waals surface area (Å²) in [6.45, 7) is 0.474. The van der Waals surface area contributed by atoms with Crippen LogP contribution in [0.25, 0.3) is 0 Å². The van der Waals surface area contributed by atoms with Crippen LogP contribution in [0.2, 0.25) is 15.1 Å². The van der Waals surface area contributed by atoms with Gasteiger partial charge in [-0.15, -0.1) is 0 Å². The van der Waals surface area contributed by atoms with Crippen LogP contribution in [-0.4, -0.2) is 29.8 Å². The van der Waals surface area contributed by atoms with Crippen LogP contribution < -0.4 is 5.32 Å². The van der Waals surface area contributed by atoms with Gasteiger partial charge in [-0.1, -0.05) is 34.8 Å². The number of benzene rings is 1. The molecule has 0 bridgehead atoms. The Hall–Kier alpha value is -0.680. The molecule has 2 N–H and O–H groups in total. The Bertz CT molecular complexity index is 495. The summed E-state index contributed by atoms with van der Waals surface area (Å²) >= 11 is 17.8. The topological polar surface area (TPSA) is 58.6 Å². The van der Waals surface area contributed by atoms with Crippen LogP contribution in [0.4, 0.5) is 5.69 Å². The largest absolute Gasteiger partial charge is 0.479 e. The summed E-state index contributed by atoms with van der Waals surface area (Å²) in [4.78, 5) is 10.8. The Labute approximate surface area is 125 Å². The molecule has 2 atom stereocenters. The summed E-state index contributed by atoms with van der Waals surface area (Å²) in [6, 6.07) is 3.19. The van der Waals surface area contributed by atoms with Gasteiger partial charge >= 0.3 is 5.97 Å². The minimum atomic E-state index is -0.921. The third-order valence-corrected chi connectivity index (χ3v) is 3.95. The van der Waals surface area contributed by atoms with E-state index in [4.69, 9.17) is 44.6 Å². The number of carbonyl (C=O) groups is 1. The predicted octanol–water partition coefficient (Wildman–Crippen LogP) is 3.69. The van der Waals surface area contributed by atoms with Gasteiger partial charge in [0.05, 0.1) is 26.9 Å². The molecule has 0 amide bonds. The molecule has 2 rings (SSSR count). The number of aliphatic carboxylic acids is 1. The van der Waals surface area contributed by atoms with Gasteiger partial charge in [-0.3, -0.25) is 0 Å². The van der Waals surface area contributed by atoms with E-state index in [9.17, 15) is 4.79 Å². The van der Waals surface area contributed by atoms with Crippen molar-refractivity contribution < 1.29 is 14.6 Å². The molecule has 1 fully saturated rings. The van der Waals surface area contributed by atoms with Crippen molar-refractivity contribution in [3.63, 3.8) is 0 Å². The number of hydrogen-bond acceptors (Lipinski definition) is 3. The highest BCUT2D eigenvalue weighted by atomic mass is 35.5. The van der Waals surface area contributed by atoms with Gasteiger partial charge in [0.1, 0.15) is 0 Å². The number of nitrogens with one attached hydrogen (secondary N) is 1. The van der Waals surface area contributed by atoms with E-state index in [1.165, 1.54) is 0 Å². The van der Waals surface area contributed by atoms with Crippen LogP contribution in [0.5, 0.6) is 0 Å².